The Bertz CT molecular complexity index is 926. The van der Waals surface area contributed by atoms with Gasteiger partial charge in [0.25, 0.3) is 5.91 Å². The average Bonchev–Trinajstić information content (AvgIpc) is 2.77. The van der Waals surface area contributed by atoms with Gasteiger partial charge >= 0.3 is 0 Å². The highest BCUT2D eigenvalue weighted by Gasteiger charge is 2.45. The summed E-state index contributed by atoms with van der Waals surface area (Å²) in [5, 5.41) is 3.16. The summed E-state index contributed by atoms with van der Waals surface area (Å²) in [5.41, 5.74) is 3.85. The van der Waals surface area contributed by atoms with Crippen molar-refractivity contribution in [2.24, 2.45) is 0 Å². The van der Waals surface area contributed by atoms with Crippen molar-refractivity contribution in [2.45, 2.75) is 38.1 Å². The van der Waals surface area contributed by atoms with E-state index in [9.17, 15) is 9.59 Å². The number of nitrogens with zero attached hydrogens (tertiary/aromatic N) is 2. The van der Waals surface area contributed by atoms with Gasteiger partial charge in [-0.3, -0.25) is 9.59 Å². The highest BCUT2D eigenvalue weighted by Crippen LogP contribution is 2.45. The van der Waals surface area contributed by atoms with Gasteiger partial charge in [-0.25, -0.2) is 0 Å². The van der Waals surface area contributed by atoms with Crippen molar-refractivity contribution in [3.8, 4) is 0 Å². The van der Waals surface area contributed by atoms with Crippen molar-refractivity contribution >= 4 is 11.8 Å². The van der Waals surface area contributed by atoms with E-state index in [4.69, 9.17) is 0 Å². The molecule has 2 aromatic rings. The molecular weight excluding hydrogens is 374 g/mol. The van der Waals surface area contributed by atoms with E-state index in [-0.39, 0.29) is 23.8 Å². The number of rotatable bonds is 7. The molecule has 0 aliphatic carbocycles. The minimum atomic E-state index is -0.388. The Morgan fingerprint density at radius 2 is 1.83 bits per heavy atom. The zero-order valence-electron chi connectivity index (χ0n) is 17.9. The standard InChI is InChI=1S/C25H31N3O2/c1-3-4-15-27(2)17-14-26-24(29)22-20-11-7-8-12-21(20)25(30)28-16-13-18-9-5-6-10-19(18)23(22)28/h5-12,22-23H,3-4,13-17H2,1-2H3,(H,26,29)/t22-,23-/m1/s1. The Hall–Kier alpha value is -2.66. The number of carbonyl (C=O) groups excluding carboxylic acids is 2. The van der Waals surface area contributed by atoms with Crippen LogP contribution in [-0.4, -0.2) is 54.8 Å². The molecule has 2 atom stereocenters. The number of unbranched alkanes of at least 4 members (excludes halogenated alkanes) is 1. The smallest absolute Gasteiger partial charge is 0.254 e. The molecule has 0 saturated heterocycles. The summed E-state index contributed by atoms with van der Waals surface area (Å²) in [7, 11) is 2.09. The third kappa shape index (κ3) is 3.86. The van der Waals surface area contributed by atoms with Gasteiger partial charge in [-0.1, -0.05) is 55.8 Å². The first-order chi connectivity index (χ1) is 14.6. The molecule has 2 heterocycles. The van der Waals surface area contributed by atoms with E-state index in [2.05, 4.69) is 36.3 Å². The van der Waals surface area contributed by atoms with E-state index < -0.39 is 0 Å². The molecule has 0 radical (unpaired) electrons. The molecule has 4 rings (SSSR count). The maximum absolute atomic E-state index is 13.5. The fourth-order valence-electron chi connectivity index (χ4n) is 4.78. The van der Waals surface area contributed by atoms with Crippen LogP contribution in [0.15, 0.2) is 48.5 Å². The van der Waals surface area contributed by atoms with Gasteiger partial charge in [0.05, 0.1) is 12.0 Å². The van der Waals surface area contributed by atoms with Gasteiger partial charge in [0, 0.05) is 25.2 Å². The monoisotopic (exact) mass is 405 g/mol. The van der Waals surface area contributed by atoms with Crippen molar-refractivity contribution in [2.75, 3.05) is 33.2 Å². The third-order valence-corrected chi connectivity index (χ3v) is 6.40. The number of hydrogen-bond acceptors (Lipinski definition) is 3. The van der Waals surface area contributed by atoms with E-state index in [1.165, 1.54) is 12.0 Å². The first kappa shape index (κ1) is 20.6. The molecule has 0 bridgehead atoms. The summed E-state index contributed by atoms with van der Waals surface area (Å²) in [6.45, 7) is 5.31. The minimum absolute atomic E-state index is 0.00513. The topological polar surface area (TPSA) is 52.7 Å². The fraction of sp³-hybridized carbons (Fsp3) is 0.440. The zero-order valence-corrected chi connectivity index (χ0v) is 17.9. The maximum atomic E-state index is 13.5. The molecule has 2 aliphatic heterocycles. The summed E-state index contributed by atoms with van der Waals surface area (Å²) in [6.07, 6.45) is 3.16. The number of hydrogen-bond donors (Lipinski definition) is 1. The van der Waals surface area contributed by atoms with Crippen molar-refractivity contribution in [1.82, 2.24) is 15.1 Å². The number of benzene rings is 2. The summed E-state index contributed by atoms with van der Waals surface area (Å²) < 4.78 is 0. The Kier molecular flexibility index (Phi) is 6.18. The second-order valence-corrected chi connectivity index (χ2v) is 8.40. The van der Waals surface area contributed by atoms with Crippen molar-refractivity contribution < 1.29 is 9.59 Å². The van der Waals surface area contributed by atoms with Crippen LogP contribution in [0.25, 0.3) is 0 Å². The van der Waals surface area contributed by atoms with Crippen LogP contribution in [-0.2, 0) is 11.2 Å². The SMILES string of the molecule is CCCCN(C)CCNC(=O)[C@@H]1c2ccccc2C(=O)N2CCc3ccccc3[C@H]12. The molecule has 30 heavy (non-hydrogen) atoms. The van der Waals surface area contributed by atoms with Gasteiger partial charge in [-0.15, -0.1) is 0 Å². The van der Waals surface area contributed by atoms with Crippen LogP contribution in [0.2, 0.25) is 0 Å². The molecule has 2 aromatic carbocycles. The lowest BCUT2D eigenvalue weighted by Gasteiger charge is -2.45. The number of carbonyl (C=O) groups is 2. The van der Waals surface area contributed by atoms with Crippen molar-refractivity contribution in [3.63, 3.8) is 0 Å². The highest BCUT2D eigenvalue weighted by atomic mass is 16.2. The minimum Gasteiger partial charge on any atom is -0.354 e. The first-order valence-electron chi connectivity index (χ1n) is 11.1. The highest BCUT2D eigenvalue weighted by molar-refractivity contribution is 6.01. The Morgan fingerprint density at radius 3 is 2.63 bits per heavy atom. The second kappa shape index (κ2) is 9.00. The predicted octanol–water partition coefficient (Wildman–Crippen LogP) is 3.37. The maximum Gasteiger partial charge on any atom is 0.254 e. The summed E-state index contributed by atoms with van der Waals surface area (Å²) >= 11 is 0. The van der Waals surface area contributed by atoms with Crippen LogP contribution < -0.4 is 5.32 Å². The lowest BCUT2D eigenvalue weighted by Crippen LogP contribution is -2.50. The fourth-order valence-corrected chi connectivity index (χ4v) is 4.78. The van der Waals surface area contributed by atoms with Crippen LogP contribution in [0.1, 0.15) is 58.8 Å². The molecule has 2 aliphatic rings. The number of likely N-dealkylation sites (N-methyl/N-ethyl adjacent to an activating group) is 1. The van der Waals surface area contributed by atoms with Crippen molar-refractivity contribution in [3.05, 3.63) is 70.8 Å². The number of nitrogens with one attached hydrogen (secondary N) is 1. The molecule has 5 nitrogen and oxygen atoms in total. The van der Waals surface area contributed by atoms with E-state index in [1.807, 2.05) is 41.3 Å². The normalized spacial score (nSPS) is 19.8. The molecule has 158 valence electrons. The van der Waals surface area contributed by atoms with Crippen LogP contribution >= 0.6 is 0 Å². The molecule has 0 saturated carbocycles. The first-order valence-corrected chi connectivity index (χ1v) is 11.1. The van der Waals surface area contributed by atoms with E-state index in [0.717, 1.165) is 37.1 Å². The van der Waals surface area contributed by atoms with E-state index >= 15 is 0 Å². The van der Waals surface area contributed by atoms with E-state index in [0.29, 0.717) is 18.7 Å². The molecule has 1 N–H and O–H groups in total. The van der Waals surface area contributed by atoms with Crippen LogP contribution in [0.4, 0.5) is 0 Å². The molecular formula is C25H31N3O2. The molecule has 0 unspecified atom stereocenters. The summed E-state index contributed by atoms with van der Waals surface area (Å²) in [5.74, 6) is -0.347. The van der Waals surface area contributed by atoms with Crippen LogP contribution in [0, 0.1) is 0 Å². The lowest BCUT2D eigenvalue weighted by molar-refractivity contribution is -0.124. The summed E-state index contributed by atoms with van der Waals surface area (Å²) in [4.78, 5) is 30.8. The average molecular weight is 406 g/mol. The largest absolute Gasteiger partial charge is 0.354 e. The van der Waals surface area contributed by atoms with Gasteiger partial charge in [0.1, 0.15) is 0 Å². The van der Waals surface area contributed by atoms with Gasteiger partial charge in [-0.05, 0) is 49.2 Å². The number of fused-ring (bicyclic) bond motifs is 4. The molecule has 5 heteroatoms. The Labute approximate surface area is 179 Å². The molecule has 2 amide bonds. The quantitative estimate of drug-likeness (QED) is 0.768. The Morgan fingerprint density at radius 1 is 1.10 bits per heavy atom. The molecule has 0 fully saturated rings. The molecule has 0 spiro atoms. The third-order valence-electron chi connectivity index (χ3n) is 6.40. The lowest BCUT2D eigenvalue weighted by atomic mass is 9.76. The van der Waals surface area contributed by atoms with Crippen LogP contribution in [0.3, 0.4) is 0 Å². The molecule has 0 aromatic heterocycles. The van der Waals surface area contributed by atoms with E-state index in [1.54, 1.807) is 0 Å². The Balaban J connectivity index is 1.61. The van der Waals surface area contributed by atoms with Gasteiger partial charge in [-0.2, -0.15) is 0 Å². The van der Waals surface area contributed by atoms with Gasteiger partial charge in [0.2, 0.25) is 5.91 Å². The van der Waals surface area contributed by atoms with Gasteiger partial charge < -0.3 is 15.1 Å². The zero-order chi connectivity index (χ0) is 21.1. The van der Waals surface area contributed by atoms with Gasteiger partial charge in [0.15, 0.2) is 0 Å². The second-order valence-electron chi connectivity index (χ2n) is 8.40. The van der Waals surface area contributed by atoms with Crippen LogP contribution in [0.5, 0.6) is 0 Å². The number of amides is 2. The predicted molar refractivity (Wildman–Crippen MR) is 119 cm³/mol. The van der Waals surface area contributed by atoms with Crippen molar-refractivity contribution in [1.29, 1.82) is 0 Å². The summed E-state index contributed by atoms with van der Waals surface area (Å²) in [6, 6.07) is 15.6.